The van der Waals surface area contributed by atoms with Gasteiger partial charge in [-0.15, -0.1) is 0 Å². The minimum Gasteiger partial charge on any atom is -0.400 e. The molecular weight excluding hydrogens is 182 g/mol. The Labute approximate surface area is 84.5 Å². The first-order valence-corrected chi connectivity index (χ1v) is 5.97. The number of hydrogen-bond donors (Lipinski definition) is 2. The molecule has 0 amide bonds. The van der Waals surface area contributed by atoms with Crippen molar-refractivity contribution in [3.63, 3.8) is 0 Å². The molecule has 0 saturated heterocycles. The molecule has 0 aromatic carbocycles. The monoisotopic (exact) mass is 201 g/mol. The Bertz CT molecular complexity index is 189. The predicted octanol–water partition coefficient (Wildman–Crippen LogP) is 1.27. The quantitative estimate of drug-likeness (QED) is 0.531. The van der Waals surface area contributed by atoms with Crippen molar-refractivity contribution in [2.75, 3.05) is 6.26 Å². The van der Waals surface area contributed by atoms with Crippen molar-refractivity contribution >= 4 is 11.8 Å². The Kier molecular flexibility index (Phi) is 3.93. The van der Waals surface area contributed by atoms with Crippen molar-refractivity contribution in [1.29, 1.82) is 0 Å². The van der Waals surface area contributed by atoms with Gasteiger partial charge in [0, 0.05) is 23.2 Å². The summed E-state index contributed by atoms with van der Waals surface area (Å²) in [6.45, 7) is 2.09. The zero-order valence-corrected chi connectivity index (χ0v) is 9.18. The van der Waals surface area contributed by atoms with Crippen molar-refractivity contribution in [2.45, 2.75) is 37.5 Å². The molecule has 1 aliphatic carbocycles. The Hall–Kier alpha value is -0.350. The van der Waals surface area contributed by atoms with Crippen molar-refractivity contribution in [1.82, 2.24) is 5.01 Å². The number of hydrogen-bond acceptors (Lipinski definition) is 4. The fourth-order valence-electron chi connectivity index (χ4n) is 1.20. The Morgan fingerprint density at radius 3 is 2.62 bits per heavy atom. The molecule has 1 saturated carbocycles. The minimum atomic E-state index is 0.353. The number of nitrogens with zero attached hydrogens (tertiary/aromatic N) is 1. The summed E-state index contributed by atoms with van der Waals surface area (Å²) in [7, 11) is 0. The first-order valence-electron chi connectivity index (χ1n) is 4.68. The number of thioether (sulfide) groups is 1. The molecule has 0 spiro atoms. The average Bonchev–Trinajstić information content (AvgIpc) is 1.99. The van der Waals surface area contributed by atoms with E-state index in [1.165, 1.54) is 19.3 Å². The van der Waals surface area contributed by atoms with Gasteiger partial charge < -0.3 is 10.7 Å². The SMILES string of the molecule is CSC(C)/C(N)=C/N(N)C1CCC1. The van der Waals surface area contributed by atoms with E-state index in [4.69, 9.17) is 11.6 Å². The van der Waals surface area contributed by atoms with Gasteiger partial charge in [0.15, 0.2) is 0 Å². The van der Waals surface area contributed by atoms with Crippen LogP contribution in [0.5, 0.6) is 0 Å². The average molecular weight is 201 g/mol. The largest absolute Gasteiger partial charge is 0.400 e. The summed E-state index contributed by atoms with van der Waals surface area (Å²) in [6, 6.07) is 0.521. The first-order chi connectivity index (χ1) is 6.15. The molecule has 4 N–H and O–H groups in total. The molecule has 0 heterocycles. The van der Waals surface area contributed by atoms with Gasteiger partial charge in [0.1, 0.15) is 0 Å². The maximum atomic E-state index is 5.86. The van der Waals surface area contributed by atoms with Crippen LogP contribution in [0.25, 0.3) is 0 Å². The van der Waals surface area contributed by atoms with Gasteiger partial charge in [-0.1, -0.05) is 0 Å². The lowest BCUT2D eigenvalue weighted by Crippen LogP contribution is -2.42. The maximum absolute atomic E-state index is 5.86. The molecule has 0 bridgehead atoms. The standard InChI is InChI=1S/C9H19N3S/c1-7(13-2)9(10)6-12(11)8-4-3-5-8/h6-8H,3-5,10-11H2,1-2H3/b9-6-. The first kappa shape index (κ1) is 10.7. The van der Waals surface area contributed by atoms with Crippen LogP contribution >= 0.6 is 11.8 Å². The highest BCUT2D eigenvalue weighted by molar-refractivity contribution is 7.99. The fourth-order valence-corrected chi connectivity index (χ4v) is 1.54. The van der Waals surface area contributed by atoms with Crippen LogP contribution in [0.15, 0.2) is 11.9 Å². The summed E-state index contributed by atoms with van der Waals surface area (Å²) < 4.78 is 0. The normalized spacial score (nSPS) is 21.0. The van der Waals surface area contributed by atoms with E-state index in [-0.39, 0.29) is 0 Å². The number of nitrogens with two attached hydrogens (primary N) is 2. The molecule has 13 heavy (non-hydrogen) atoms. The van der Waals surface area contributed by atoms with Crippen LogP contribution in [0.1, 0.15) is 26.2 Å². The molecular formula is C9H19N3S. The van der Waals surface area contributed by atoms with E-state index in [9.17, 15) is 0 Å². The highest BCUT2D eigenvalue weighted by Gasteiger charge is 2.21. The lowest BCUT2D eigenvalue weighted by atomic mass is 9.93. The molecule has 0 aromatic rings. The van der Waals surface area contributed by atoms with Crippen LogP contribution in [0, 0.1) is 0 Å². The van der Waals surface area contributed by atoms with Crippen LogP contribution in [0.3, 0.4) is 0 Å². The summed E-state index contributed by atoms with van der Waals surface area (Å²) in [4.78, 5) is 0. The molecule has 3 nitrogen and oxygen atoms in total. The van der Waals surface area contributed by atoms with Crippen molar-refractivity contribution < 1.29 is 0 Å². The van der Waals surface area contributed by atoms with E-state index in [0.717, 1.165) is 5.70 Å². The van der Waals surface area contributed by atoms with Gasteiger partial charge in [-0.3, -0.25) is 0 Å². The zero-order valence-electron chi connectivity index (χ0n) is 8.36. The van der Waals surface area contributed by atoms with Gasteiger partial charge >= 0.3 is 0 Å². The van der Waals surface area contributed by atoms with Crippen LogP contribution in [0.4, 0.5) is 0 Å². The van der Waals surface area contributed by atoms with Crippen LogP contribution in [-0.4, -0.2) is 22.6 Å². The van der Waals surface area contributed by atoms with E-state index >= 15 is 0 Å². The predicted molar refractivity (Wildman–Crippen MR) is 58.9 cm³/mol. The molecule has 1 fully saturated rings. The molecule has 0 aliphatic heterocycles. The summed E-state index contributed by atoms with van der Waals surface area (Å²) in [6.07, 6.45) is 7.63. The summed E-state index contributed by atoms with van der Waals surface area (Å²) in [5, 5.41) is 2.12. The van der Waals surface area contributed by atoms with Crippen LogP contribution < -0.4 is 11.6 Å². The second kappa shape index (κ2) is 4.77. The second-order valence-corrected chi connectivity index (χ2v) is 4.72. The van der Waals surface area contributed by atoms with E-state index < -0.39 is 0 Å². The summed E-state index contributed by atoms with van der Waals surface area (Å²) in [5.41, 5.74) is 6.73. The molecule has 76 valence electrons. The molecule has 1 rings (SSSR count). The van der Waals surface area contributed by atoms with Crippen molar-refractivity contribution in [3.8, 4) is 0 Å². The Balaban J connectivity index is 2.42. The second-order valence-electron chi connectivity index (χ2n) is 3.54. The van der Waals surface area contributed by atoms with E-state index in [0.29, 0.717) is 11.3 Å². The molecule has 1 atom stereocenters. The third-order valence-electron chi connectivity index (χ3n) is 2.62. The number of hydrazine groups is 1. The number of rotatable bonds is 4. The fraction of sp³-hybridized carbons (Fsp3) is 0.778. The zero-order chi connectivity index (χ0) is 9.84. The third-order valence-corrected chi connectivity index (χ3v) is 3.60. The molecule has 1 aliphatic rings. The van der Waals surface area contributed by atoms with Gasteiger partial charge in [0.05, 0.1) is 0 Å². The highest BCUT2D eigenvalue weighted by atomic mass is 32.2. The topological polar surface area (TPSA) is 55.3 Å². The maximum Gasteiger partial charge on any atom is 0.0446 e. The highest BCUT2D eigenvalue weighted by Crippen LogP contribution is 2.23. The van der Waals surface area contributed by atoms with Crippen LogP contribution in [0.2, 0.25) is 0 Å². The van der Waals surface area contributed by atoms with Gasteiger partial charge in [-0.05, 0) is 32.4 Å². The van der Waals surface area contributed by atoms with E-state index in [2.05, 4.69) is 13.2 Å². The van der Waals surface area contributed by atoms with E-state index in [1.54, 1.807) is 16.8 Å². The van der Waals surface area contributed by atoms with Gasteiger partial charge in [-0.2, -0.15) is 11.8 Å². The van der Waals surface area contributed by atoms with Gasteiger partial charge in [-0.25, -0.2) is 5.84 Å². The Morgan fingerprint density at radius 1 is 1.62 bits per heavy atom. The summed E-state index contributed by atoms with van der Waals surface area (Å²) >= 11 is 1.74. The Morgan fingerprint density at radius 2 is 2.23 bits per heavy atom. The van der Waals surface area contributed by atoms with Gasteiger partial charge in [0.2, 0.25) is 0 Å². The molecule has 0 radical (unpaired) electrons. The minimum absolute atomic E-state index is 0.353. The lowest BCUT2D eigenvalue weighted by molar-refractivity contribution is 0.185. The van der Waals surface area contributed by atoms with Crippen LogP contribution in [-0.2, 0) is 0 Å². The third kappa shape index (κ3) is 2.81. The molecule has 1 unspecified atom stereocenters. The van der Waals surface area contributed by atoms with E-state index in [1.807, 2.05) is 6.20 Å². The summed E-state index contributed by atoms with van der Waals surface area (Å²) in [5.74, 6) is 5.84. The van der Waals surface area contributed by atoms with Crippen molar-refractivity contribution in [3.05, 3.63) is 11.9 Å². The smallest absolute Gasteiger partial charge is 0.0446 e. The van der Waals surface area contributed by atoms with Crippen molar-refractivity contribution in [2.24, 2.45) is 11.6 Å². The lowest BCUT2D eigenvalue weighted by Gasteiger charge is -2.33. The molecule has 0 aromatic heterocycles. The molecule has 4 heteroatoms. The van der Waals surface area contributed by atoms with Gasteiger partial charge in [0.25, 0.3) is 0 Å².